The predicted molar refractivity (Wildman–Crippen MR) is 51.2 cm³/mol. The normalized spacial score (nSPS) is 26.5. The Morgan fingerprint density at radius 3 is 3.08 bits per heavy atom. The molecule has 1 aromatic heterocycles. The van der Waals surface area contributed by atoms with Crippen molar-refractivity contribution in [1.29, 1.82) is 0 Å². The Labute approximate surface area is 77.9 Å². The van der Waals surface area contributed by atoms with E-state index in [1.807, 2.05) is 18.2 Å². The number of aliphatic hydroxyl groups is 1. The minimum Gasteiger partial charge on any atom is -0.465 e. The van der Waals surface area contributed by atoms with Crippen LogP contribution in [0.15, 0.2) is 28.4 Å². The summed E-state index contributed by atoms with van der Waals surface area (Å²) >= 11 is 0. The van der Waals surface area contributed by atoms with Crippen molar-refractivity contribution in [3.63, 3.8) is 0 Å². The molecule has 1 aliphatic carbocycles. The maximum absolute atomic E-state index is 9.66. The van der Waals surface area contributed by atoms with Crippen LogP contribution in [0, 0.1) is 0 Å². The van der Waals surface area contributed by atoms with E-state index in [0.29, 0.717) is 0 Å². The van der Waals surface area contributed by atoms with Crippen LogP contribution in [0.4, 0.5) is 0 Å². The molecule has 0 radical (unpaired) electrons. The van der Waals surface area contributed by atoms with Crippen LogP contribution in [0.2, 0.25) is 0 Å². The lowest BCUT2D eigenvalue weighted by atomic mass is 9.91. The molecule has 1 unspecified atom stereocenters. The Kier molecular flexibility index (Phi) is 2.50. The molecule has 0 bridgehead atoms. The summed E-state index contributed by atoms with van der Waals surface area (Å²) in [4.78, 5) is 0. The zero-order chi connectivity index (χ0) is 9.10. The molecular formula is C11H14O2. The molecule has 70 valence electrons. The first-order chi connectivity index (χ1) is 6.36. The number of hydrogen-bond acceptors (Lipinski definition) is 2. The lowest BCUT2D eigenvalue weighted by Crippen LogP contribution is -2.14. The van der Waals surface area contributed by atoms with E-state index in [9.17, 15) is 5.11 Å². The SMILES string of the molecule is OC1CCCC/C1=C\c1ccco1. The van der Waals surface area contributed by atoms with Gasteiger partial charge in [0.2, 0.25) is 0 Å². The molecule has 0 aromatic carbocycles. The monoisotopic (exact) mass is 178 g/mol. The number of rotatable bonds is 1. The highest BCUT2D eigenvalue weighted by molar-refractivity contribution is 5.48. The van der Waals surface area contributed by atoms with Crippen LogP contribution in [0.1, 0.15) is 31.4 Å². The summed E-state index contributed by atoms with van der Waals surface area (Å²) in [6.07, 6.45) is 7.58. The summed E-state index contributed by atoms with van der Waals surface area (Å²) in [6, 6.07) is 3.77. The van der Waals surface area contributed by atoms with E-state index in [-0.39, 0.29) is 6.10 Å². The van der Waals surface area contributed by atoms with Crippen LogP contribution in [-0.2, 0) is 0 Å². The van der Waals surface area contributed by atoms with Crippen molar-refractivity contribution in [2.45, 2.75) is 31.8 Å². The molecule has 0 aliphatic heterocycles. The summed E-state index contributed by atoms with van der Waals surface area (Å²) in [5.74, 6) is 0.843. The number of hydrogen-bond donors (Lipinski definition) is 1. The van der Waals surface area contributed by atoms with Crippen molar-refractivity contribution < 1.29 is 9.52 Å². The van der Waals surface area contributed by atoms with Gasteiger partial charge in [0.15, 0.2) is 0 Å². The second-order valence-electron chi connectivity index (χ2n) is 3.50. The van der Waals surface area contributed by atoms with Crippen LogP contribution >= 0.6 is 0 Å². The van der Waals surface area contributed by atoms with Gasteiger partial charge in [0.25, 0.3) is 0 Å². The first-order valence-electron chi connectivity index (χ1n) is 4.78. The molecule has 1 aromatic rings. The Bertz CT molecular complexity index is 285. The van der Waals surface area contributed by atoms with Gasteiger partial charge in [-0.3, -0.25) is 0 Å². The highest BCUT2D eigenvalue weighted by Crippen LogP contribution is 2.25. The lowest BCUT2D eigenvalue weighted by Gasteiger charge is -2.19. The van der Waals surface area contributed by atoms with E-state index in [0.717, 1.165) is 30.6 Å². The first kappa shape index (κ1) is 8.57. The fourth-order valence-electron chi connectivity index (χ4n) is 1.74. The molecule has 0 saturated heterocycles. The van der Waals surface area contributed by atoms with E-state index in [2.05, 4.69) is 0 Å². The zero-order valence-electron chi connectivity index (χ0n) is 7.57. The van der Waals surface area contributed by atoms with Crippen molar-refractivity contribution in [2.24, 2.45) is 0 Å². The summed E-state index contributed by atoms with van der Waals surface area (Å²) in [7, 11) is 0. The van der Waals surface area contributed by atoms with Gasteiger partial charge in [-0.25, -0.2) is 0 Å². The smallest absolute Gasteiger partial charge is 0.126 e. The molecule has 0 spiro atoms. The molecular weight excluding hydrogens is 164 g/mol. The third kappa shape index (κ3) is 2.01. The number of furan rings is 1. The Morgan fingerprint density at radius 2 is 2.38 bits per heavy atom. The van der Waals surface area contributed by atoms with Crippen LogP contribution in [0.3, 0.4) is 0 Å². The van der Waals surface area contributed by atoms with Gasteiger partial charge in [-0.1, -0.05) is 6.42 Å². The lowest BCUT2D eigenvalue weighted by molar-refractivity contribution is 0.179. The fraction of sp³-hybridized carbons (Fsp3) is 0.455. The maximum atomic E-state index is 9.66. The van der Waals surface area contributed by atoms with Crippen molar-refractivity contribution >= 4 is 6.08 Å². The highest BCUT2D eigenvalue weighted by atomic mass is 16.3. The first-order valence-corrected chi connectivity index (χ1v) is 4.78. The largest absolute Gasteiger partial charge is 0.465 e. The Hall–Kier alpha value is -1.02. The van der Waals surface area contributed by atoms with Crippen LogP contribution < -0.4 is 0 Å². The molecule has 1 N–H and O–H groups in total. The molecule has 1 atom stereocenters. The second kappa shape index (κ2) is 3.79. The van der Waals surface area contributed by atoms with Crippen molar-refractivity contribution in [2.75, 3.05) is 0 Å². The number of aliphatic hydroxyl groups excluding tert-OH is 1. The molecule has 1 heterocycles. The summed E-state index contributed by atoms with van der Waals surface area (Å²) in [6.45, 7) is 0. The van der Waals surface area contributed by atoms with Gasteiger partial charge in [-0.2, -0.15) is 0 Å². The molecule has 2 heteroatoms. The van der Waals surface area contributed by atoms with E-state index in [4.69, 9.17) is 4.42 Å². The molecule has 1 aliphatic rings. The third-order valence-corrected chi connectivity index (χ3v) is 2.49. The van der Waals surface area contributed by atoms with Gasteiger partial charge in [0.05, 0.1) is 12.4 Å². The van der Waals surface area contributed by atoms with Crippen LogP contribution in [0.25, 0.3) is 6.08 Å². The maximum Gasteiger partial charge on any atom is 0.126 e. The fourth-order valence-corrected chi connectivity index (χ4v) is 1.74. The summed E-state index contributed by atoms with van der Waals surface area (Å²) in [5.41, 5.74) is 1.11. The van der Waals surface area contributed by atoms with Gasteiger partial charge >= 0.3 is 0 Å². The Morgan fingerprint density at radius 1 is 1.46 bits per heavy atom. The molecule has 1 fully saturated rings. The highest BCUT2D eigenvalue weighted by Gasteiger charge is 2.15. The van der Waals surface area contributed by atoms with Crippen LogP contribution in [-0.4, -0.2) is 11.2 Å². The Balaban J connectivity index is 2.14. The summed E-state index contributed by atoms with van der Waals surface area (Å²) < 4.78 is 5.20. The van der Waals surface area contributed by atoms with E-state index in [1.54, 1.807) is 6.26 Å². The average molecular weight is 178 g/mol. The molecule has 1 saturated carbocycles. The van der Waals surface area contributed by atoms with Crippen LogP contribution in [0.5, 0.6) is 0 Å². The van der Waals surface area contributed by atoms with Crippen molar-refractivity contribution in [3.8, 4) is 0 Å². The van der Waals surface area contributed by atoms with Crippen molar-refractivity contribution in [1.82, 2.24) is 0 Å². The minimum absolute atomic E-state index is 0.251. The van der Waals surface area contributed by atoms with Crippen molar-refractivity contribution in [3.05, 3.63) is 29.7 Å². The standard InChI is InChI=1S/C11H14O2/c12-11-6-2-1-4-9(11)8-10-5-3-7-13-10/h3,5,7-8,11-12H,1-2,4,6H2/b9-8+. The van der Waals surface area contributed by atoms with E-state index in [1.165, 1.54) is 6.42 Å². The van der Waals surface area contributed by atoms with Gasteiger partial charge in [-0.05, 0) is 43.0 Å². The molecule has 2 nitrogen and oxygen atoms in total. The third-order valence-electron chi connectivity index (χ3n) is 2.49. The molecule has 13 heavy (non-hydrogen) atoms. The quantitative estimate of drug-likeness (QED) is 0.717. The summed E-state index contributed by atoms with van der Waals surface area (Å²) in [5, 5.41) is 9.66. The topological polar surface area (TPSA) is 33.4 Å². The van der Waals surface area contributed by atoms with Gasteiger partial charge in [0.1, 0.15) is 5.76 Å². The molecule has 2 rings (SSSR count). The zero-order valence-corrected chi connectivity index (χ0v) is 7.57. The second-order valence-corrected chi connectivity index (χ2v) is 3.50. The van der Waals surface area contributed by atoms with Gasteiger partial charge in [-0.15, -0.1) is 0 Å². The van der Waals surface area contributed by atoms with E-state index < -0.39 is 0 Å². The minimum atomic E-state index is -0.251. The van der Waals surface area contributed by atoms with Gasteiger partial charge < -0.3 is 9.52 Å². The average Bonchev–Trinajstić information content (AvgIpc) is 2.61. The van der Waals surface area contributed by atoms with Gasteiger partial charge in [0, 0.05) is 0 Å². The predicted octanol–water partition coefficient (Wildman–Crippen LogP) is 2.60. The molecule has 0 amide bonds. The van der Waals surface area contributed by atoms with E-state index >= 15 is 0 Å².